The Balaban J connectivity index is 1.36. The molecule has 5 rings (SSSR count). The third-order valence-electron chi connectivity index (χ3n) is 6.20. The van der Waals surface area contributed by atoms with Crippen LogP contribution in [0.4, 0.5) is 5.69 Å². The van der Waals surface area contributed by atoms with Crippen molar-refractivity contribution >= 4 is 34.2 Å². The number of benzene rings is 3. The summed E-state index contributed by atoms with van der Waals surface area (Å²) in [5, 5.41) is 0.575. The van der Waals surface area contributed by atoms with E-state index in [1.54, 1.807) is 34.9 Å². The highest BCUT2D eigenvalue weighted by Gasteiger charge is 2.21. The lowest BCUT2D eigenvalue weighted by molar-refractivity contribution is 0.103. The molecule has 6 nitrogen and oxygen atoms in total. The number of anilines is 1. The summed E-state index contributed by atoms with van der Waals surface area (Å²) in [4.78, 5) is 30.3. The van der Waals surface area contributed by atoms with E-state index in [-0.39, 0.29) is 5.78 Å². The molecule has 7 heteroatoms. The van der Waals surface area contributed by atoms with Gasteiger partial charge >= 0.3 is 5.76 Å². The van der Waals surface area contributed by atoms with E-state index < -0.39 is 5.76 Å². The van der Waals surface area contributed by atoms with E-state index in [0.29, 0.717) is 33.9 Å². The molecule has 1 aliphatic heterocycles. The van der Waals surface area contributed by atoms with Crippen molar-refractivity contribution in [3.8, 4) is 0 Å². The standard InChI is InChI=1S/C26H24ClN3O3/c1-18-15-23-24(16-22(18)25(31)19-7-9-20(27)10-8-19)33-26(32)30(23)17-28-11-13-29(14-12-28)21-5-3-2-4-6-21/h2-10,15-16H,11-14,17H2,1H3. The maximum absolute atomic E-state index is 13.0. The second kappa shape index (κ2) is 8.89. The molecule has 1 aromatic heterocycles. The summed E-state index contributed by atoms with van der Waals surface area (Å²) in [7, 11) is 0. The van der Waals surface area contributed by atoms with Crippen molar-refractivity contribution in [1.82, 2.24) is 9.47 Å². The third kappa shape index (κ3) is 4.32. The minimum Gasteiger partial charge on any atom is -0.408 e. The summed E-state index contributed by atoms with van der Waals surface area (Å²) < 4.78 is 7.18. The number of piperazine rings is 1. The number of hydrogen-bond donors (Lipinski definition) is 0. The van der Waals surface area contributed by atoms with Crippen LogP contribution in [-0.4, -0.2) is 41.4 Å². The molecule has 168 valence electrons. The monoisotopic (exact) mass is 461 g/mol. The Kier molecular flexibility index (Phi) is 5.79. The molecule has 4 aromatic rings. The van der Waals surface area contributed by atoms with Gasteiger partial charge in [0, 0.05) is 48.0 Å². The number of aromatic nitrogens is 1. The average molecular weight is 462 g/mol. The minimum atomic E-state index is -0.411. The first-order valence-electron chi connectivity index (χ1n) is 11.0. The molecule has 0 bridgehead atoms. The SMILES string of the molecule is Cc1cc2c(cc1C(=O)c1ccc(Cl)cc1)oc(=O)n2CN1CCN(c2ccccc2)CC1. The Hall–Kier alpha value is -3.35. The largest absolute Gasteiger partial charge is 0.421 e. The summed E-state index contributed by atoms with van der Waals surface area (Å²) in [5.74, 6) is -0.538. The molecule has 2 heterocycles. The van der Waals surface area contributed by atoms with Crippen LogP contribution in [0, 0.1) is 6.92 Å². The molecule has 0 atom stereocenters. The number of carbonyl (C=O) groups excluding carboxylic acids is 1. The van der Waals surface area contributed by atoms with Gasteiger partial charge in [-0.15, -0.1) is 0 Å². The Morgan fingerprint density at radius 3 is 2.36 bits per heavy atom. The summed E-state index contributed by atoms with van der Waals surface area (Å²) in [6, 6.07) is 20.7. The maximum atomic E-state index is 13.0. The Bertz CT molecular complexity index is 1350. The normalized spacial score (nSPS) is 14.7. The highest BCUT2D eigenvalue weighted by molar-refractivity contribution is 6.30. The second-order valence-electron chi connectivity index (χ2n) is 8.35. The van der Waals surface area contributed by atoms with Crippen LogP contribution in [0.5, 0.6) is 0 Å². The van der Waals surface area contributed by atoms with E-state index in [0.717, 1.165) is 31.7 Å². The predicted octanol–water partition coefficient (Wildman–Crippen LogP) is 4.57. The van der Waals surface area contributed by atoms with Gasteiger partial charge in [-0.2, -0.15) is 0 Å². The number of halogens is 1. The zero-order chi connectivity index (χ0) is 22.9. The molecular weight excluding hydrogens is 438 g/mol. The van der Waals surface area contributed by atoms with E-state index in [4.69, 9.17) is 16.0 Å². The number of aryl methyl sites for hydroxylation is 1. The Morgan fingerprint density at radius 1 is 0.970 bits per heavy atom. The van der Waals surface area contributed by atoms with Crippen LogP contribution in [0.3, 0.4) is 0 Å². The van der Waals surface area contributed by atoms with Crippen molar-refractivity contribution < 1.29 is 9.21 Å². The number of ketones is 1. The van der Waals surface area contributed by atoms with Gasteiger partial charge < -0.3 is 9.32 Å². The lowest BCUT2D eigenvalue weighted by Gasteiger charge is -2.36. The molecule has 0 amide bonds. The fourth-order valence-electron chi connectivity index (χ4n) is 4.33. The quantitative estimate of drug-likeness (QED) is 0.407. The molecule has 3 aromatic carbocycles. The molecule has 1 aliphatic rings. The molecule has 33 heavy (non-hydrogen) atoms. The molecule has 0 radical (unpaired) electrons. The third-order valence-corrected chi connectivity index (χ3v) is 6.45. The van der Waals surface area contributed by atoms with E-state index in [9.17, 15) is 9.59 Å². The van der Waals surface area contributed by atoms with Gasteiger partial charge in [0.05, 0.1) is 12.2 Å². The number of para-hydroxylation sites is 1. The average Bonchev–Trinajstić information content (AvgIpc) is 3.13. The summed E-state index contributed by atoms with van der Waals surface area (Å²) in [6.45, 7) is 5.82. The van der Waals surface area contributed by atoms with E-state index in [1.807, 2.05) is 31.2 Å². The van der Waals surface area contributed by atoms with Crippen molar-refractivity contribution in [3.05, 3.63) is 99.0 Å². The van der Waals surface area contributed by atoms with Gasteiger partial charge in [0.25, 0.3) is 0 Å². The van der Waals surface area contributed by atoms with Crippen LogP contribution < -0.4 is 10.7 Å². The van der Waals surface area contributed by atoms with Crippen LogP contribution in [0.25, 0.3) is 11.1 Å². The molecule has 0 unspecified atom stereocenters. The topological polar surface area (TPSA) is 58.7 Å². The van der Waals surface area contributed by atoms with Gasteiger partial charge in [0.15, 0.2) is 11.4 Å². The van der Waals surface area contributed by atoms with Crippen LogP contribution >= 0.6 is 11.6 Å². The van der Waals surface area contributed by atoms with Crippen LogP contribution in [0.15, 0.2) is 75.9 Å². The number of hydrogen-bond acceptors (Lipinski definition) is 5. The first kappa shape index (κ1) is 21.5. The van der Waals surface area contributed by atoms with Gasteiger partial charge in [-0.25, -0.2) is 4.79 Å². The second-order valence-corrected chi connectivity index (χ2v) is 8.79. The lowest BCUT2D eigenvalue weighted by atomic mass is 9.98. The van der Waals surface area contributed by atoms with Gasteiger partial charge in [-0.05, 0) is 61.0 Å². The number of fused-ring (bicyclic) bond motifs is 1. The predicted molar refractivity (Wildman–Crippen MR) is 130 cm³/mol. The highest BCUT2D eigenvalue weighted by Crippen LogP contribution is 2.23. The number of oxazole rings is 1. The Morgan fingerprint density at radius 2 is 1.67 bits per heavy atom. The summed E-state index contributed by atoms with van der Waals surface area (Å²) >= 11 is 5.94. The van der Waals surface area contributed by atoms with Crippen LogP contribution in [0.1, 0.15) is 21.5 Å². The summed E-state index contributed by atoms with van der Waals surface area (Å²) in [5.41, 5.74) is 4.20. The van der Waals surface area contributed by atoms with Gasteiger partial charge in [0.1, 0.15) is 0 Å². The van der Waals surface area contributed by atoms with Gasteiger partial charge in [0.2, 0.25) is 0 Å². The number of carbonyl (C=O) groups is 1. The van der Waals surface area contributed by atoms with Crippen molar-refractivity contribution in [3.63, 3.8) is 0 Å². The van der Waals surface area contributed by atoms with Gasteiger partial charge in [-0.1, -0.05) is 29.8 Å². The molecule has 1 saturated heterocycles. The fraction of sp³-hybridized carbons (Fsp3) is 0.231. The first-order valence-corrected chi connectivity index (χ1v) is 11.3. The molecule has 0 N–H and O–H groups in total. The zero-order valence-electron chi connectivity index (χ0n) is 18.3. The smallest absolute Gasteiger partial charge is 0.408 e. The van der Waals surface area contributed by atoms with Crippen LogP contribution in [-0.2, 0) is 6.67 Å². The fourth-order valence-corrected chi connectivity index (χ4v) is 4.46. The van der Waals surface area contributed by atoms with E-state index in [2.05, 4.69) is 21.9 Å². The number of nitrogens with zero attached hydrogens (tertiary/aromatic N) is 3. The van der Waals surface area contributed by atoms with Crippen molar-refractivity contribution in [2.24, 2.45) is 0 Å². The minimum absolute atomic E-state index is 0.126. The van der Waals surface area contributed by atoms with Crippen molar-refractivity contribution in [1.29, 1.82) is 0 Å². The van der Waals surface area contributed by atoms with Crippen molar-refractivity contribution in [2.45, 2.75) is 13.6 Å². The van der Waals surface area contributed by atoms with Crippen LogP contribution in [0.2, 0.25) is 5.02 Å². The molecule has 1 fully saturated rings. The Labute approximate surface area is 196 Å². The molecule has 0 saturated carbocycles. The zero-order valence-corrected chi connectivity index (χ0v) is 19.1. The van der Waals surface area contributed by atoms with Crippen molar-refractivity contribution in [2.75, 3.05) is 31.1 Å². The first-order chi connectivity index (χ1) is 16.0. The van der Waals surface area contributed by atoms with E-state index in [1.165, 1.54) is 5.69 Å². The highest BCUT2D eigenvalue weighted by atomic mass is 35.5. The lowest BCUT2D eigenvalue weighted by Crippen LogP contribution is -2.47. The molecule has 0 aliphatic carbocycles. The summed E-state index contributed by atoms with van der Waals surface area (Å²) in [6.07, 6.45) is 0. The number of rotatable bonds is 5. The molecular formula is C26H24ClN3O3. The molecule has 0 spiro atoms. The van der Waals surface area contributed by atoms with Gasteiger partial charge in [-0.3, -0.25) is 14.3 Å². The maximum Gasteiger partial charge on any atom is 0.421 e. The van der Waals surface area contributed by atoms with E-state index >= 15 is 0 Å².